The van der Waals surface area contributed by atoms with E-state index in [0.717, 1.165) is 5.32 Å². The second-order valence-electron chi connectivity index (χ2n) is 3.37. The molecule has 0 bridgehead atoms. The predicted molar refractivity (Wildman–Crippen MR) is 47.4 cm³/mol. The molecule has 0 aromatic rings. The Kier molecular flexibility index (Phi) is 5.21. The summed E-state index contributed by atoms with van der Waals surface area (Å²) in [4.78, 5) is 31.3. The third kappa shape index (κ3) is 4.67. The average Bonchev–Trinajstić information content (AvgIpc) is 2.21. The van der Waals surface area contributed by atoms with E-state index in [1.165, 1.54) is 0 Å². The molecule has 1 unspecified atom stereocenters. The minimum absolute atomic E-state index is 0.825. The fourth-order valence-electron chi connectivity index (χ4n) is 0.903. The Labute approximate surface area is 102 Å². The van der Waals surface area contributed by atoms with E-state index in [0.29, 0.717) is 0 Å². The van der Waals surface area contributed by atoms with Crippen molar-refractivity contribution in [3.05, 3.63) is 0 Å². The summed E-state index contributed by atoms with van der Waals surface area (Å²) in [5.74, 6) is -12.0. The molecule has 0 aliphatic rings. The van der Waals surface area contributed by atoms with Gasteiger partial charge in [0.05, 0.1) is 0 Å². The lowest BCUT2D eigenvalue weighted by atomic mass is 10.1. The van der Waals surface area contributed by atoms with E-state index in [2.05, 4.69) is 0 Å². The van der Waals surface area contributed by atoms with Crippen molar-refractivity contribution in [1.29, 1.82) is 0 Å². The van der Waals surface area contributed by atoms with E-state index in [1.807, 2.05) is 0 Å². The molecule has 110 valence electrons. The SMILES string of the molecule is O=C(O)CCC(NC(=O)C(F)(F)C(F)(F)F)C(=O)O. The summed E-state index contributed by atoms with van der Waals surface area (Å²) in [5.41, 5.74) is 0. The van der Waals surface area contributed by atoms with E-state index in [1.54, 1.807) is 0 Å². The number of amides is 1. The summed E-state index contributed by atoms with van der Waals surface area (Å²) in [6, 6.07) is -2.16. The van der Waals surface area contributed by atoms with Crippen LogP contribution in [0.25, 0.3) is 0 Å². The highest BCUT2D eigenvalue weighted by Crippen LogP contribution is 2.35. The quantitative estimate of drug-likeness (QED) is 0.623. The van der Waals surface area contributed by atoms with E-state index in [4.69, 9.17) is 10.2 Å². The number of carbonyl (C=O) groups excluding carboxylic acids is 1. The van der Waals surface area contributed by atoms with Crippen LogP contribution < -0.4 is 5.32 Å². The Hall–Kier alpha value is -1.94. The number of nitrogens with one attached hydrogen (secondary N) is 1. The van der Waals surface area contributed by atoms with Gasteiger partial charge in [-0.25, -0.2) is 4.79 Å². The van der Waals surface area contributed by atoms with E-state index in [9.17, 15) is 36.3 Å². The van der Waals surface area contributed by atoms with Crippen LogP contribution in [0.3, 0.4) is 0 Å². The summed E-state index contributed by atoms with van der Waals surface area (Å²) in [7, 11) is 0. The third-order valence-electron chi connectivity index (χ3n) is 1.89. The second-order valence-corrected chi connectivity index (χ2v) is 3.37. The van der Waals surface area contributed by atoms with Crippen molar-refractivity contribution in [1.82, 2.24) is 5.32 Å². The average molecular weight is 293 g/mol. The lowest BCUT2D eigenvalue weighted by molar-refractivity contribution is -0.270. The normalized spacial score (nSPS) is 13.7. The maximum absolute atomic E-state index is 12.5. The van der Waals surface area contributed by atoms with Gasteiger partial charge in [-0.15, -0.1) is 0 Å². The Balaban J connectivity index is 4.82. The van der Waals surface area contributed by atoms with Gasteiger partial charge in [-0.05, 0) is 6.42 Å². The fraction of sp³-hybridized carbons (Fsp3) is 0.625. The molecule has 0 aromatic carbocycles. The van der Waals surface area contributed by atoms with Gasteiger partial charge in [-0.3, -0.25) is 9.59 Å². The Morgan fingerprint density at radius 3 is 1.84 bits per heavy atom. The minimum atomic E-state index is -6.17. The molecule has 3 N–H and O–H groups in total. The number of hydrogen-bond acceptors (Lipinski definition) is 3. The number of carbonyl (C=O) groups is 3. The zero-order valence-corrected chi connectivity index (χ0v) is 9.00. The van der Waals surface area contributed by atoms with Gasteiger partial charge in [0.1, 0.15) is 6.04 Å². The number of carboxylic acid groups (broad SMARTS) is 2. The van der Waals surface area contributed by atoms with E-state index >= 15 is 0 Å². The van der Waals surface area contributed by atoms with Crippen LogP contribution in [-0.4, -0.2) is 46.2 Å². The van der Waals surface area contributed by atoms with Crippen LogP contribution in [0.2, 0.25) is 0 Å². The minimum Gasteiger partial charge on any atom is -0.481 e. The topological polar surface area (TPSA) is 104 Å². The highest BCUT2D eigenvalue weighted by atomic mass is 19.4. The molecule has 0 aromatic heterocycles. The summed E-state index contributed by atoms with van der Waals surface area (Å²) in [6.45, 7) is 0. The van der Waals surface area contributed by atoms with Crippen molar-refractivity contribution >= 4 is 17.8 Å². The summed E-state index contributed by atoms with van der Waals surface area (Å²) in [6.07, 6.45) is -7.83. The maximum Gasteiger partial charge on any atom is 0.463 e. The smallest absolute Gasteiger partial charge is 0.463 e. The van der Waals surface area contributed by atoms with Gasteiger partial charge in [-0.2, -0.15) is 22.0 Å². The molecule has 0 aliphatic heterocycles. The number of carboxylic acids is 2. The van der Waals surface area contributed by atoms with Crippen LogP contribution in [0.5, 0.6) is 0 Å². The van der Waals surface area contributed by atoms with Crippen molar-refractivity contribution in [3.63, 3.8) is 0 Å². The van der Waals surface area contributed by atoms with Crippen molar-refractivity contribution in [3.8, 4) is 0 Å². The highest BCUT2D eigenvalue weighted by Gasteiger charge is 2.63. The number of alkyl halides is 5. The van der Waals surface area contributed by atoms with Gasteiger partial charge in [0, 0.05) is 6.42 Å². The fourth-order valence-corrected chi connectivity index (χ4v) is 0.903. The molecule has 0 aliphatic carbocycles. The molecule has 1 atom stereocenters. The van der Waals surface area contributed by atoms with Crippen LogP contribution in [0, 0.1) is 0 Å². The van der Waals surface area contributed by atoms with Gasteiger partial charge in [0.25, 0.3) is 0 Å². The lowest BCUT2D eigenvalue weighted by Crippen LogP contribution is -2.54. The third-order valence-corrected chi connectivity index (χ3v) is 1.89. The first kappa shape index (κ1) is 17.1. The molecular weight excluding hydrogens is 285 g/mol. The first-order valence-corrected chi connectivity index (χ1v) is 4.59. The molecule has 0 fully saturated rings. The van der Waals surface area contributed by atoms with Crippen molar-refractivity contribution < 1.29 is 46.5 Å². The number of aliphatic carboxylic acids is 2. The molecule has 0 heterocycles. The summed E-state index contributed by atoms with van der Waals surface area (Å²) in [5, 5.41) is 17.7. The van der Waals surface area contributed by atoms with Gasteiger partial charge in [0.2, 0.25) is 0 Å². The lowest BCUT2D eigenvalue weighted by Gasteiger charge is -2.21. The Morgan fingerprint density at radius 2 is 1.53 bits per heavy atom. The monoisotopic (exact) mass is 293 g/mol. The highest BCUT2D eigenvalue weighted by molar-refractivity contribution is 5.88. The predicted octanol–water partition coefficient (Wildman–Crippen LogP) is 0.618. The molecule has 0 saturated carbocycles. The van der Waals surface area contributed by atoms with Crippen molar-refractivity contribution in [2.75, 3.05) is 0 Å². The van der Waals surface area contributed by atoms with Crippen LogP contribution in [0.15, 0.2) is 0 Å². The van der Waals surface area contributed by atoms with Gasteiger partial charge in [-0.1, -0.05) is 0 Å². The van der Waals surface area contributed by atoms with Crippen molar-refractivity contribution in [2.24, 2.45) is 0 Å². The maximum atomic E-state index is 12.5. The number of halogens is 5. The van der Waals surface area contributed by atoms with Gasteiger partial charge < -0.3 is 15.5 Å². The molecule has 19 heavy (non-hydrogen) atoms. The Morgan fingerprint density at radius 1 is 1.05 bits per heavy atom. The number of hydrogen-bond donors (Lipinski definition) is 3. The molecular formula is C8H8F5NO5. The van der Waals surface area contributed by atoms with Gasteiger partial charge >= 0.3 is 29.9 Å². The molecule has 1 amide bonds. The summed E-state index contributed by atoms with van der Waals surface area (Å²) < 4.78 is 60.4. The van der Waals surface area contributed by atoms with Crippen LogP contribution in [0.1, 0.15) is 12.8 Å². The molecule has 11 heteroatoms. The molecule has 0 rings (SSSR count). The number of rotatable bonds is 6. The second kappa shape index (κ2) is 5.80. The van der Waals surface area contributed by atoms with Crippen molar-refractivity contribution in [2.45, 2.75) is 31.0 Å². The van der Waals surface area contributed by atoms with Crippen LogP contribution in [-0.2, 0) is 14.4 Å². The molecule has 6 nitrogen and oxygen atoms in total. The zero-order valence-electron chi connectivity index (χ0n) is 9.00. The molecule has 0 saturated heterocycles. The Bertz CT molecular complexity index is 380. The van der Waals surface area contributed by atoms with E-state index in [-0.39, 0.29) is 0 Å². The zero-order chi connectivity index (χ0) is 15.4. The van der Waals surface area contributed by atoms with E-state index < -0.39 is 48.8 Å². The van der Waals surface area contributed by atoms with Crippen LogP contribution in [0.4, 0.5) is 22.0 Å². The molecule has 0 spiro atoms. The first-order valence-electron chi connectivity index (χ1n) is 4.59. The largest absolute Gasteiger partial charge is 0.481 e. The standard InChI is InChI=1S/C8H8F5NO5/c9-7(10,8(11,12)13)6(19)14-3(5(17)18)1-2-4(15)16/h3H,1-2H2,(H,14,19)(H,15,16)(H,17,18). The van der Waals surface area contributed by atoms with Crippen LogP contribution >= 0.6 is 0 Å². The first-order chi connectivity index (χ1) is 8.39. The molecule has 0 radical (unpaired) electrons. The van der Waals surface area contributed by atoms with Gasteiger partial charge in [0.15, 0.2) is 0 Å². The summed E-state index contributed by atoms with van der Waals surface area (Å²) >= 11 is 0.